The Morgan fingerprint density at radius 2 is 1.48 bits per heavy atom. The van der Waals surface area contributed by atoms with E-state index in [1.54, 1.807) is 0 Å². The number of carbonyl (C=O) groups excluding carboxylic acids is 2. The minimum Gasteiger partial charge on any atom is -0.457 e. The summed E-state index contributed by atoms with van der Waals surface area (Å²) >= 11 is 0. The molecule has 2 N–H and O–H groups in total. The number of nitrogens with one attached hydrogen (secondary N) is 2. The third-order valence-electron chi connectivity index (χ3n) is 3.09. The van der Waals surface area contributed by atoms with Gasteiger partial charge < -0.3 is 15.4 Å². The predicted molar refractivity (Wildman–Crippen MR) is 88.4 cm³/mol. The van der Waals surface area contributed by atoms with Gasteiger partial charge in [0.2, 0.25) is 11.8 Å². The quantitative estimate of drug-likeness (QED) is 0.771. The third kappa shape index (κ3) is 6.22. The van der Waals surface area contributed by atoms with Crippen molar-refractivity contribution < 1.29 is 14.3 Å². The van der Waals surface area contributed by atoms with Crippen LogP contribution in [-0.4, -0.2) is 24.9 Å². The molecule has 0 atom stereocenters. The van der Waals surface area contributed by atoms with Gasteiger partial charge in [-0.3, -0.25) is 9.59 Å². The topological polar surface area (TPSA) is 67.4 Å². The number of ether oxygens (including phenoxy) is 1. The van der Waals surface area contributed by atoms with Crippen LogP contribution in [0.1, 0.15) is 12.5 Å². The van der Waals surface area contributed by atoms with Crippen molar-refractivity contribution in [2.45, 2.75) is 13.3 Å². The molecule has 0 spiro atoms. The lowest BCUT2D eigenvalue weighted by molar-refractivity contribution is -0.121. The first-order valence-corrected chi connectivity index (χ1v) is 7.46. The molecule has 2 rings (SSSR count). The Kier molecular flexibility index (Phi) is 6.17. The van der Waals surface area contributed by atoms with Crippen LogP contribution in [0.5, 0.6) is 11.5 Å². The third-order valence-corrected chi connectivity index (χ3v) is 3.09. The van der Waals surface area contributed by atoms with Gasteiger partial charge in [-0.25, -0.2) is 0 Å². The van der Waals surface area contributed by atoms with Gasteiger partial charge in [-0.1, -0.05) is 30.3 Å². The van der Waals surface area contributed by atoms with E-state index in [0.717, 1.165) is 17.1 Å². The van der Waals surface area contributed by atoms with Crippen LogP contribution in [0.3, 0.4) is 0 Å². The van der Waals surface area contributed by atoms with Crippen molar-refractivity contribution in [1.82, 2.24) is 10.6 Å². The Hall–Kier alpha value is -2.82. The van der Waals surface area contributed by atoms with Crippen molar-refractivity contribution in [3.05, 3.63) is 60.2 Å². The first kappa shape index (κ1) is 16.5. The summed E-state index contributed by atoms with van der Waals surface area (Å²) in [5.74, 6) is 1.32. The Morgan fingerprint density at radius 3 is 2.13 bits per heavy atom. The van der Waals surface area contributed by atoms with Gasteiger partial charge in [-0.2, -0.15) is 0 Å². The van der Waals surface area contributed by atoms with Crippen LogP contribution < -0.4 is 15.4 Å². The number of para-hydroxylation sites is 1. The molecule has 0 saturated carbocycles. The summed E-state index contributed by atoms with van der Waals surface area (Å²) in [6, 6.07) is 16.9. The molecule has 0 radical (unpaired) electrons. The zero-order chi connectivity index (χ0) is 16.5. The summed E-state index contributed by atoms with van der Waals surface area (Å²) in [7, 11) is 0. The van der Waals surface area contributed by atoms with E-state index < -0.39 is 0 Å². The fraction of sp³-hybridized carbons (Fsp3) is 0.222. The summed E-state index contributed by atoms with van der Waals surface area (Å²) in [6.07, 6.45) is 0.297. The van der Waals surface area contributed by atoms with Gasteiger partial charge in [0, 0.05) is 20.0 Å². The molecule has 23 heavy (non-hydrogen) atoms. The van der Waals surface area contributed by atoms with E-state index in [2.05, 4.69) is 10.6 Å². The Labute approximate surface area is 135 Å². The summed E-state index contributed by atoms with van der Waals surface area (Å²) in [6.45, 7) is 2.30. The van der Waals surface area contributed by atoms with Gasteiger partial charge in [0.15, 0.2) is 0 Å². The summed E-state index contributed by atoms with van der Waals surface area (Å²) < 4.78 is 5.70. The maximum absolute atomic E-state index is 11.8. The smallest absolute Gasteiger partial charge is 0.224 e. The maximum atomic E-state index is 11.8. The Balaban J connectivity index is 1.78. The second kappa shape index (κ2) is 8.58. The summed E-state index contributed by atoms with van der Waals surface area (Å²) in [5, 5.41) is 5.38. The molecular formula is C18H20N2O3. The van der Waals surface area contributed by atoms with Crippen molar-refractivity contribution in [1.29, 1.82) is 0 Å². The van der Waals surface area contributed by atoms with E-state index in [1.807, 2.05) is 54.6 Å². The van der Waals surface area contributed by atoms with Crippen LogP contribution in [0, 0.1) is 0 Å². The Bertz CT molecular complexity index is 639. The first-order chi connectivity index (χ1) is 11.1. The monoisotopic (exact) mass is 312 g/mol. The SMILES string of the molecule is CC(=O)NCCNC(=O)Cc1ccc(Oc2ccccc2)cc1. The first-order valence-electron chi connectivity index (χ1n) is 7.46. The van der Waals surface area contributed by atoms with Crippen LogP contribution in [0.2, 0.25) is 0 Å². The molecule has 0 bridgehead atoms. The number of carbonyl (C=O) groups is 2. The lowest BCUT2D eigenvalue weighted by atomic mass is 10.1. The molecule has 0 fully saturated rings. The average Bonchev–Trinajstić information content (AvgIpc) is 2.54. The minimum absolute atomic E-state index is 0.0768. The van der Waals surface area contributed by atoms with Crippen molar-refractivity contribution in [2.24, 2.45) is 0 Å². The van der Waals surface area contributed by atoms with Crippen LogP contribution in [0.15, 0.2) is 54.6 Å². The van der Waals surface area contributed by atoms with Crippen molar-refractivity contribution in [3.63, 3.8) is 0 Å². The molecule has 0 saturated heterocycles. The average molecular weight is 312 g/mol. The molecule has 5 nitrogen and oxygen atoms in total. The van der Waals surface area contributed by atoms with Crippen molar-refractivity contribution in [3.8, 4) is 11.5 Å². The fourth-order valence-corrected chi connectivity index (χ4v) is 1.99. The van der Waals surface area contributed by atoms with Gasteiger partial charge in [0.1, 0.15) is 11.5 Å². The fourth-order valence-electron chi connectivity index (χ4n) is 1.99. The largest absolute Gasteiger partial charge is 0.457 e. The molecule has 2 amide bonds. The highest BCUT2D eigenvalue weighted by atomic mass is 16.5. The second-order valence-corrected chi connectivity index (χ2v) is 5.07. The van der Waals surface area contributed by atoms with Gasteiger partial charge in [-0.05, 0) is 29.8 Å². The highest BCUT2D eigenvalue weighted by Crippen LogP contribution is 2.21. The van der Waals surface area contributed by atoms with Crippen LogP contribution in [0.4, 0.5) is 0 Å². The molecular weight excluding hydrogens is 292 g/mol. The van der Waals surface area contributed by atoms with Crippen molar-refractivity contribution in [2.75, 3.05) is 13.1 Å². The molecule has 0 heterocycles. The van der Waals surface area contributed by atoms with Gasteiger partial charge in [0.05, 0.1) is 6.42 Å². The van der Waals surface area contributed by atoms with Crippen LogP contribution >= 0.6 is 0 Å². The molecule has 0 aliphatic heterocycles. The standard InChI is InChI=1S/C18H20N2O3/c1-14(21)19-11-12-20-18(22)13-15-7-9-17(10-8-15)23-16-5-3-2-4-6-16/h2-10H,11-13H2,1H3,(H,19,21)(H,20,22). The van der Waals surface area contributed by atoms with Crippen molar-refractivity contribution >= 4 is 11.8 Å². The van der Waals surface area contributed by atoms with Gasteiger partial charge >= 0.3 is 0 Å². The molecule has 0 aromatic heterocycles. The normalized spacial score (nSPS) is 9.96. The molecule has 2 aromatic carbocycles. The molecule has 0 aliphatic carbocycles. The number of rotatable bonds is 7. The van der Waals surface area contributed by atoms with E-state index in [0.29, 0.717) is 19.5 Å². The predicted octanol–water partition coefficient (Wildman–Crippen LogP) is 2.27. The zero-order valence-corrected chi connectivity index (χ0v) is 13.0. The number of amides is 2. The van der Waals surface area contributed by atoms with E-state index in [4.69, 9.17) is 4.74 Å². The lowest BCUT2D eigenvalue weighted by Gasteiger charge is -2.08. The molecule has 2 aromatic rings. The van der Waals surface area contributed by atoms with E-state index >= 15 is 0 Å². The van der Waals surface area contributed by atoms with E-state index in [1.165, 1.54) is 6.92 Å². The van der Waals surface area contributed by atoms with Crippen LogP contribution in [-0.2, 0) is 16.0 Å². The molecule has 5 heteroatoms. The van der Waals surface area contributed by atoms with Gasteiger partial charge in [0.25, 0.3) is 0 Å². The zero-order valence-electron chi connectivity index (χ0n) is 13.0. The molecule has 120 valence electrons. The maximum Gasteiger partial charge on any atom is 0.224 e. The second-order valence-electron chi connectivity index (χ2n) is 5.07. The highest BCUT2D eigenvalue weighted by molar-refractivity contribution is 5.78. The van der Waals surface area contributed by atoms with E-state index in [-0.39, 0.29) is 11.8 Å². The molecule has 0 unspecified atom stereocenters. The lowest BCUT2D eigenvalue weighted by Crippen LogP contribution is -2.34. The van der Waals surface area contributed by atoms with Gasteiger partial charge in [-0.15, -0.1) is 0 Å². The minimum atomic E-state index is -0.103. The summed E-state index contributed by atoms with van der Waals surface area (Å²) in [4.78, 5) is 22.5. The summed E-state index contributed by atoms with van der Waals surface area (Å²) in [5.41, 5.74) is 0.905. The number of hydrogen-bond acceptors (Lipinski definition) is 3. The molecule has 0 aliphatic rings. The number of benzene rings is 2. The number of hydrogen-bond donors (Lipinski definition) is 2. The van der Waals surface area contributed by atoms with Crippen LogP contribution in [0.25, 0.3) is 0 Å². The Morgan fingerprint density at radius 1 is 0.870 bits per heavy atom. The highest BCUT2D eigenvalue weighted by Gasteiger charge is 2.04. The van der Waals surface area contributed by atoms with E-state index in [9.17, 15) is 9.59 Å².